The number of benzene rings is 1. The van der Waals surface area contributed by atoms with Crippen LogP contribution in [0, 0.1) is 0 Å². The Bertz CT molecular complexity index is 765. The van der Waals surface area contributed by atoms with Gasteiger partial charge in [0, 0.05) is 17.6 Å². The molecule has 0 bridgehead atoms. The Kier molecular flexibility index (Phi) is 3.95. The maximum atomic E-state index is 12.2. The van der Waals surface area contributed by atoms with Gasteiger partial charge in [-0.2, -0.15) is 0 Å². The van der Waals surface area contributed by atoms with Crippen LogP contribution in [0.15, 0.2) is 39.1 Å². The van der Waals surface area contributed by atoms with Crippen LogP contribution in [0.25, 0.3) is 10.9 Å². The number of nitrogens with one attached hydrogen (secondary N) is 1. The maximum Gasteiger partial charge on any atom is 0.258 e. The van der Waals surface area contributed by atoms with Crippen LogP contribution in [0.3, 0.4) is 0 Å². The van der Waals surface area contributed by atoms with Crippen molar-refractivity contribution in [2.45, 2.75) is 26.3 Å². The first kappa shape index (κ1) is 14.5. The lowest BCUT2D eigenvalue weighted by Crippen LogP contribution is -2.34. The molecule has 2 heterocycles. The van der Waals surface area contributed by atoms with E-state index in [1.807, 2.05) is 18.2 Å². The molecule has 2 aromatic rings. The molecule has 1 aliphatic rings. The first-order valence-electron chi connectivity index (χ1n) is 7.13. The highest BCUT2D eigenvalue weighted by Gasteiger charge is 2.23. The molecule has 0 spiro atoms. The minimum atomic E-state index is -0.0646. The molecule has 0 fully saturated rings. The summed E-state index contributed by atoms with van der Waals surface area (Å²) in [6.07, 6.45) is 1.04. The zero-order valence-electron chi connectivity index (χ0n) is 12.2. The molecule has 1 aromatic heterocycles. The second-order valence-corrected chi connectivity index (χ2v) is 6.51. The van der Waals surface area contributed by atoms with Gasteiger partial charge in [-0.05, 0) is 32.4 Å². The summed E-state index contributed by atoms with van der Waals surface area (Å²) < 4.78 is 1.24. The van der Waals surface area contributed by atoms with E-state index >= 15 is 0 Å². The summed E-state index contributed by atoms with van der Waals surface area (Å²) in [4.78, 5) is 22.1. The molecule has 0 saturated heterocycles. The van der Waals surface area contributed by atoms with E-state index in [9.17, 15) is 4.79 Å². The molecule has 0 radical (unpaired) electrons. The Labute approximate surface area is 132 Å². The Morgan fingerprint density at radius 2 is 2.14 bits per heavy atom. The summed E-state index contributed by atoms with van der Waals surface area (Å²) in [5.41, 5.74) is 2.09. The Balaban J connectivity index is 1.95. The van der Waals surface area contributed by atoms with E-state index in [1.165, 1.54) is 10.1 Å². The molecule has 1 aliphatic heterocycles. The monoisotopic (exact) mass is 347 g/mol. The van der Waals surface area contributed by atoms with Crippen molar-refractivity contribution in [3.8, 4) is 0 Å². The fourth-order valence-electron chi connectivity index (χ4n) is 2.65. The number of aromatic nitrogens is 2. The van der Waals surface area contributed by atoms with Crippen molar-refractivity contribution in [1.82, 2.24) is 14.9 Å². The minimum Gasteiger partial charge on any atom is -0.309 e. The minimum absolute atomic E-state index is 0.0646. The van der Waals surface area contributed by atoms with E-state index in [0.29, 0.717) is 5.39 Å². The number of nitrogens with zero attached hydrogens (tertiary/aromatic N) is 2. The highest BCUT2D eigenvalue weighted by molar-refractivity contribution is 9.11. The number of halogens is 1. The van der Waals surface area contributed by atoms with Crippen LogP contribution >= 0.6 is 15.9 Å². The molecule has 110 valence electrons. The lowest BCUT2D eigenvalue weighted by Gasteiger charge is -2.32. The first-order chi connectivity index (χ1) is 10.1. The predicted octanol–water partition coefficient (Wildman–Crippen LogP) is 3.36. The third-order valence-corrected chi connectivity index (χ3v) is 5.08. The molecule has 1 N–H and O–H groups in total. The Hall–Kier alpha value is -1.46. The molecule has 3 rings (SSSR count). The van der Waals surface area contributed by atoms with E-state index in [0.717, 1.165) is 30.9 Å². The number of H-pyrrole nitrogens is 1. The average Bonchev–Trinajstić information content (AvgIpc) is 2.49. The number of aromatic amines is 1. The zero-order valence-corrected chi connectivity index (χ0v) is 13.8. The molecular weight excluding hydrogens is 330 g/mol. The lowest BCUT2D eigenvalue weighted by atomic mass is 10.1. The van der Waals surface area contributed by atoms with Crippen molar-refractivity contribution >= 4 is 26.8 Å². The molecule has 1 aromatic carbocycles. The molecule has 1 unspecified atom stereocenters. The molecule has 21 heavy (non-hydrogen) atoms. The van der Waals surface area contributed by atoms with Gasteiger partial charge >= 0.3 is 0 Å². The summed E-state index contributed by atoms with van der Waals surface area (Å²) in [5, 5.41) is 0.643. The smallest absolute Gasteiger partial charge is 0.258 e. The standard InChI is InChI=1S/C16H18BrN3O/c1-10-7-8-20(9-13(10)17)11(2)15-18-14-6-4-3-5-12(14)16(21)19-15/h3-6,11H,7-9H2,1-2H3,(H,18,19,21). The fraction of sp³-hybridized carbons (Fsp3) is 0.375. The van der Waals surface area contributed by atoms with E-state index in [-0.39, 0.29) is 11.6 Å². The van der Waals surface area contributed by atoms with Crippen molar-refractivity contribution in [3.05, 3.63) is 50.5 Å². The van der Waals surface area contributed by atoms with Gasteiger partial charge in [0.1, 0.15) is 5.82 Å². The van der Waals surface area contributed by atoms with Crippen LogP contribution in [-0.2, 0) is 0 Å². The highest BCUT2D eigenvalue weighted by Crippen LogP contribution is 2.27. The fourth-order valence-corrected chi connectivity index (χ4v) is 3.17. The lowest BCUT2D eigenvalue weighted by molar-refractivity contribution is 0.217. The summed E-state index contributed by atoms with van der Waals surface area (Å²) >= 11 is 3.63. The van der Waals surface area contributed by atoms with Gasteiger partial charge in [0.25, 0.3) is 5.56 Å². The molecule has 0 saturated carbocycles. The van der Waals surface area contributed by atoms with Gasteiger partial charge < -0.3 is 4.98 Å². The van der Waals surface area contributed by atoms with Gasteiger partial charge in [0.2, 0.25) is 0 Å². The molecule has 0 amide bonds. The number of hydrogen-bond acceptors (Lipinski definition) is 3. The van der Waals surface area contributed by atoms with E-state index < -0.39 is 0 Å². The number of para-hydroxylation sites is 1. The largest absolute Gasteiger partial charge is 0.309 e. The maximum absolute atomic E-state index is 12.2. The van der Waals surface area contributed by atoms with Crippen LogP contribution in [-0.4, -0.2) is 28.0 Å². The van der Waals surface area contributed by atoms with Crippen LogP contribution in [0.5, 0.6) is 0 Å². The van der Waals surface area contributed by atoms with Gasteiger partial charge in [-0.1, -0.05) is 33.6 Å². The average molecular weight is 348 g/mol. The highest BCUT2D eigenvalue weighted by atomic mass is 79.9. The van der Waals surface area contributed by atoms with Crippen molar-refractivity contribution < 1.29 is 0 Å². The molecule has 0 aliphatic carbocycles. The summed E-state index contributed by atoms with van der Waals surface area (Å²) in [6, 6.07) is 7.55. The quantitative estimate of drug-likeness (QED) is 0.905. The number of hydrogen-bond donors (Lipinski definition) is 1. The van der Waals surface area contributed by atoms with Gasteiger partial charge in [-0.15, -0.1) is 0 Å². The Morgan fingerprint density at radius 1 is 1.38 bits per heavy atom. The SMILES string of the molecule is CC1=C(Br)CN(C(C)c2nc3ccccc3c(=O)[nH]2)CC1. The van der Waals surface area contributed by atoms with Crippen LogP contribution in [0.1, 0.15) is 32.1 Å². The van der Waals surface area contributed by atoms with Gasteiger partial charge in [0.15, 0.2) is 0 Å². The number of fused-ring (bicyclic) bond motifs is 1. The Morgan fingerprint density at radius 3 is 2.90 bits per heavy atom. The summed E-state index contributed by atoms with van der Waals surface area (Å²) in [7, 11) is 0. The van der Waals surface area contributed by atoms with E-state index in [4.69, 9.17) is 0 Å². The zero-order chi connectivity index (χ0) is 15.0. The van der Waals surface area contributed by atoms with Crippen LogP contribution < -0.4 is 5.56 Å². The number of rotatable bonds is 2. The predicted molar refractivity (Wildman–Crippen MR) is 88.6 cm³/mol. The van der Waals surface area contributed by atoms with Crippen molar-refractivity contribution in [1.29, 1.82) is 0 Å². The topological polar surface area (TPSA) is 49.0 Å². The van der Waals surface area contributed by atoms with Crippen LogP contribution in [0.2, 0.25) is 0 Å². The van der Waals surface area contributed by atoms with E-state index in [2.05, 4.69) is 44.6 Å². The second-order valence-electron chi connectivity index (χ2n) is 5.55. The van der Waals surface area contributed by atoms with E-state index in [1.54, 1.807) is 6.07 Å². The van der Waals surface area contributed by atoms with Crippen molar-refractivity contribution in [2.24, 2.45) is 0 Å². The summed E-state index contributed by atoms with van der Waals surface area (Å²) in [6.45, 7) is 6.10. The molecule has 1 atom stereocenters. The van der Waals surface area contributed by atoms with Crippen LogP contribution in [0.4, 0.5) is 0 Å². The van der Waals surface area contributed by atoms with Crippen molar-refractivity contribution in [2.75, 3.05) is 13.1 Å². The first-order valence-corrected chi connectivity index (χ1v) is 7.92. The normalized spacial score (nSPS) is 18.2. The summed E-state index contributed by atoms with van der Waals surface area (Å²) in [5.74, 6) is 0.735. The molecule has 4 nitrogen and oxygen atoms in total. The van der Waals surface area contributed by atoms with Crippen molar-refractivity contribution in [3.63, 3.8) is 0 Å². The van der Waals surface area contributed by atoms with Gasteiger partial charge in [0.05, 0.1) is 16.9 Å². The third-order valence-electron chi connectivity index (χ3n) is 4.15. The molecule has 5 heteroatoms. The van der Waals surface area contributed by atoms with Gasteiger partial charge in [-0.3, -0.25) is 9.69 Å². The molecular formula is C16H18BrN3O. The van der Waals surface area contributed by atoms with Gasteiger partial charge in [-0.25, -0.2) is 4.98 Å². The second kappa shape index (κ2) is 5.73. The third kappa shape index (κ3) is 2.80.